The van der Waals surface area contributed by atoms with Gasteiger partial charge in [0.15, 0.2) is 5.11 Å². The number of hydrogen-bond donors (Lipinski definition) is 2. The molecule has 0 atom stereocenters. The standard InChI is InChI=1S/C20H22F3N3OS/c1-14(2)11-12-27-16-9-7-15(8-10-16)13-24-26-19(28)25-18-6-4-3-5-17(18)20(21,22)23/h3-10,13-14H,11-12H2,1-2H3,(H2,25,26,28)/b24-13+. The van der Waals surface area contributed by atoms with Crippen molar-refractivity contribution in [2.75, 3.05) is 11.9 Å². The molecule has 2 rings (SSSR count). The highest BCUT2D eigenvalue weighted by Crippen LogP contribution is 2.34. The molecule has 0 saturated carbocycles. The van der Waals surface area contributed by atoms with Crippen molar-refractivity contribution in [3.05, 3.63) is 59.7 Å². The van der Waals surface area contributed by atoms with Crippen molar-refractivity contribution in [2.45, 2.75) is 26.4 Å². The Morgan fingerprint density at radius 2 is 1.82 bits per heavy atom. The molecule has 0 aliphatic carbocycles. The number of ether oxygens (including phenoxy) is 1. The van der Waals surface area contributed by atoms with Gasteiger partial charge in [0.25, 0.3) is 0 Å². The van der Waals surface area contributed by atoms with Crippen molar-refractivity contribution in [3.63, 3.8) is 0 Å². The topological polar surface area (TPSA) is 45.6 Å². The van der Waals surface area contributed by atoms with Gasteiger partial charge < -0.3 is 10.1 Å². The third kappa shape index (κ3) is 7.19. The lowest BCUT2D eigenvalue weighted by Crippen LogP contribution is -2.25. The zero-order chi connectivity index (χ0) is 20.6. The van der Waals surface area contributed by atoms with Crippen LogP contribution in [0.25, 0.3) is 0 Å². The summed E-state index contributed by atoms with van der Waals surface area (Å²) in [6.45, 7) is 4.93. The summed E-state index contributed by atoms with van der Waals surface area (Å²) in [6.07, 6.45) is -1.97. The van der Waals surface area contributed by atoms with Gasteiger partial charge in [0.05, 0.1) is 24.1 Å². The van der Waals surface area contributed by atoms with E-state index in [9.17, 15) is 13.2 Å². The molecule has 0 heterocycles. The zero-order valence-electron chi connectivity index (χ0n) is 15.6. The predicted octanol–water partition coefficient (Wildman–Crippen LogP) is 5.45. The van der Waals surface area contributed by atoms with Crippen LogP contribution in [0.3, 0.4) is 0 Å². The van der Waals surface area contributed by atoms with Gasteiger partial charge in [-0.25, -0.2) is 0 Å². The minimum atomic E-state index is -4.47. The molecule has 0 bridgehead atoms. The Kier molecular flexibility index (Phi) is 7.80. The Bertz CT molecular complexity index is 805. The molecule has 8 heteroatoms. The molecule has 0 aliphatic rings. The molecular formula is C20H22F3N3OS. The number of nitrogens with one attached hydrogen (secondary N) is 2. The number of halogens is 3. The average Bonchev–Trinajstić information content (AvgIpc) is 2.62. The van der Waals surface area contributed by atoms with Gasteiger partial charge >= 0.3 is 6.18 Å². The van der Waals surface area contributed by atoms with Crippen LogP contribution in [0.5, 0.6) is 5.75 Å². The van der Waals surface area contributed by atoms with Crippen molar-refractivity contribution in [3.8, 4) is 5.75 Å². The maximum absolute atomic E-state index is 13.0. The first-order chi connectivity index (χ1) is 13.3. The summed E-state index contributed by atoms with van der Waals surface area (Å²) < 4.78 is 44.6. The molecule has 150 valence electrons. The third-order valence-corrected chi connectivity index (χ3v) is 3.90. The van der Waals surface area contributed by atoms with Crippen LogP contribution in [0, 0.1) is 5.92 Å². The van der Waals surface area contributed by atoms with Crippen LogP contribution in [0.1, 0.15) is 31.4 Å². The summed E-state index contributed by atoms with van der Waals surface area (Å²) in [5.74, 6) is 1.35. The van der Waals surface area contributed by atoms with E-state index < -0.39 is 11.7 Å². The minimum Gasteiger partial charge on any atom is -0.494 e. The summed E-state index contributed by atoms with van der Waals surface area (Å²) in [7, 11) is 0. The molecule has 0 unspecified atom stereocenters. The highest BCUT2D eigenvalue weighted by molar-refractivity contribution is 7.80. The second-order valence-electron chi connectivity index (χ2n) is 6.47. The molecule has 0 aromatic heterocycles. The second-order valence-corrected chi connectivity index (χ2v) is 6.88. The van der Waals surface area contributed by atoms with E-state index in [0.717, 1.165) is 23.8 Å². The number of rotatable bonds is 7. The average molecular weight is 409 g/mol. The molecule has 0 fully saturated rings. The van der Waals surface area contributed by atoms with E-state index in [1.165, 1.54) is 24.4 Å². The third-order valence-electron chi connectivity index (χ3n) is 3.70. The van der Waals surface area contributed by atoms with Gasteiger partial charge in [-0.1, -0.05) is 26.0 Å². The first kappa shape index (κ1) is 21.7. The number of hydrazone groups is 1. The van der Waals surface area contributed by atoms with Gasteiger partial charge in [-0.15, -0.1) is 0 Å². The van der Waals surface area contributed by atoms with Crippen molar-refractivity contribution in [2.24, 2.45) is 11.0 Å². The van der Waals surface area contributed by atoms with Gasteiger partial charge in [-0.05, 0) is 66.5 Å². The maximum atomic E-state index is 13.0. The lowest BCUT2D eigenvalue weighted by molar-refractivity contribution is -0.136. The molecule has 0 radical (unpaired) electrons. The van der Waals surface area contributed by atoms with Gasteiger partial charge in [0.2, 0.25) is 0 Å². The summed E-state index contributed by atoms with van der Waals surface area (Å²) >= 11 is 5.00. The van der Waals surface area contributed by atoms with Gasteiger partial charge in [-0.3, -0.25) is 5.43 Å². The number of alkyl halides is 3. The number of anilines is 1. The molecule has 0 spiro atoms. The Balaban J connectivity index is 1.87. The first-order valence-corrected chi connectivity index (χ1v) is 9.15. The highest BCUT2D eigenvalue weighted by Gasteiger charge is 2.33. The lowest BCUT2D eigenvalue weighted by atomic mass is 10.1. The van der Waals surface area contributed by atoms with E-state index >= 15 is 0 Å². The molecule has 28 heavy (non-hydrogen) atoms. The number of para-hydroxylation sites is 1. The van der Waals surface area contributed by atoms with Crippen LogP contribution in [-0.4, -0.2) is 17.9 Å². The molecular weight excluding hydrogens is 387 g/mol. The molecule has 4 nitrogen and oxygen atoms in total. The van der Waals surface area contributed by atoms with Crippen molar-refractivity contribution < 1.29 is 17.9 Å². The van der Waals surface area contributed by atoms with Crippen LogP contribution in [-0.2, 0) is 6.18 Å². The van der Waals surface area contributed by atoms with Gasteiger partial charge in [0.1, 0.15) is 5.75 Å². The summed E-state index contributed by atoms with van der Waals surface area (Å²) in [6, 6.07) is 12.4. The largest absolute Gasteiger partial charge is 0.494 e. The van der Waals surface area contributed by atoms with E-state index in [2.05, 4.69) is 29.7 Å². The van der Waals surface area contributed by atoms with E-state index in [0.29, 0.717) is 12.5 Å². The monoisotopic (exact) mass is 409 g/mol. The van der Waals surface area contributed by atoms with Gasteiger partial charge in [0, 0.05) is 0 Å². The molecule has 2 aromatic carbocycles. The lowest BCUT2D eigenvalue weighted by Gasteiger charge is -2.14. The summed E-state index contributed by atoms with van der Waals surface area (Å²) in [4.78, 5) is 0. The SMILES string of the molecule is CC(C)CCOc1ccc(/C=N/NC(=S)Nc2ccccc2C(F)(F)F)cc1. The van der Waals surface area contributed by atoms with Crippen LogP contribution < -0.4 is 15.5 Å². The maximum Gasteiger partial charge on any atom is 0.418 e. The fourth-order valence-electron chi connectivity index (χ4n) is 2.22. The van der Waals surface area contributed by atoms with Crippen LogP contribution >= 0.6 is 12.2 Å². The molecule has 0 saturated heterocycles. The number of hydrogen-bond acceptors (Lipinski definition) is 3. The summed E-state index contributed by atoms with van der Waals surface area (Å²) in [5.41, 5.74) is 2.38. The predicted molar refractivity (Wildman–Crippen MR) is 110 cm³/mol. The zero-order valence-corrected chi connectivity index (χ0v) is 16.4. The van der Waals surface area contributed by atoms with E-state index in [4.69, 9.17) is 17.0 Å². The normalized spacial score (nSPS) is 11.6. The Hall–Kier alpha value is -2.61. The Morgan fingerprint density at radius 1 is 1.14 bits per heavy atom. The highest BCUT2D eigenvalue weighted by atomic mass is 32.1. The van der Waals surface area contributed by atoms with Crippen molar-refractivity contribution in [1.82, 2.24) is 5.43 Å². The number of benzene rings is 2. The fourth-order valence-corrected chi connectivity index (χ4v) is 2.38. The number of nitrogens with zero attached hydrogens (tertiary/aromatic N) is 1. The molecule has 0 aliphatic heterocycles. The fraction of sp³-hybridized carbons (Fsp3) is 0.300. The van der Waals surface area contributed by atoms with E-state index in [1.807, 2.05) is 24.3 Å². The van der Waals surface area contributed by atoms with E-state index in [-0.39, 0.29) is 10.8 Å². The van der Waals surface area contributed by atoms with Gasteiger partial charge in [-0.2, -0.15) is 18.3 Å². The summed E-state index contributed by atoms with van der Waals surface area (Å²) in [5, 5.41) is 6.41. The molecule has 2 N–H and O–H groups in total. The molecule has 0 amide bonds. The minimum absolute atomic E-state index is 0.0402. The first-order valence-electron chi connectivity index (χ1n) is 8.75. The van der Waals surface area contributed by atoms with Crippen LogP contribution in [0.15, 0.2) is 53.6 Å². The van der Waals surface area contributed by atoms with Crippen LogP contribution in [0.4, 0.5) is 18.9 Å². The van der Waals surface area contributed by atoms with Crippen LogP contribution in [0.2, 0.25) is 0 Å². The van der Waals surface area contributed by atoms with Crippen molar-refractivity contribution >= 4 is 29.2 Å². The van der Waals surface area contributed by atoms with Crippen molar-refractivity contribution in [1.29, 1.82) is 0 Å². The number of thiocarbonyl (C=S) groups is 1. The second kappa shape index (κ2) is 10.1. The molecule has 2 aromatic rings. The van der Waals surface area contributed by atoms with E-state index in [1.54, 1.807) is 0 Å². The Morgan fingerprint density at radius 3 is 2.46 bits per heavy atom. The Labute approximate surface area is 167 Å². The smallest absolute Gasteiger partial charge is 0.418 e. The quantitative estimate of drug-likeness (QED) is 0.363.